The van der Waals surface area contributed by atoms with Crippen molar-refractivity contribution < 1.29 is 4.74 Å². The third-order valence-corrected chi connectivity index (χ3v) is 5.55. The molecule has 1 fully saturated rings. The van der Waals surface area contributed by atoms with Crippen molar-refractivity contribution in [2.24, 2.45) is 13.0 Å². The maximum atomic E-state index is 12.5. The van der Waals surface area contributed by atoms with Crippen LogP contribution in [-0.2, 0) is 19.9 Å². The van der Waals surface area contributed by atoms with Crippen LogP contribution in [0.1, 0.15) is 40.5 Å². The van der Waals surface area contributed by atoms with Gasteiger partial charge in [0.1, 0.15) is 0 Å². The van der Waals surface area contributed by atoms with Crippen LogP contribution >= 0.6 is 0 Å². The average Bonchev–Trinajstić information content (AvgIpc) is 3.49. The zero-order chi connectivity index (χ0) is 20.4. The predicted octanol–water partition coefficient (Wildman–Crippen LogP) is 3.15. The largest absolute Gasteiger partial charge is 0.476 e. The molecule has 0 aliphatic heterocycles. The van der Waals surface area contributed by atoms with E-state index in [9.17, 15) is 4.79 Å². The summed E-state index contributed by atoms with van der Waals surface area (Å²) < 4.78 is 7.31. The summed E-state index contributed by atoms with van der Waals surface area (Å²) in [5, 5.41) is 4.27. The van der Waals surface area contributed by atoms with Gasteiger partial charge >= 0.3 is 0 Å². The molecule has 0 aromatic carbocycles. The standard InChI is InChI=1S/C23H26N4O2/c1-15-7-8-17(16(2)25-15)9-10-18-13-22(26-27(3)23(18)28)29-14-19-12-20(19)21-6-4-5-11-24-21/h4-8,11,13,19-20H,9-10,12,14H2,1-3H3/t19-,20+/m1/s1. The lowest BCUT2D eigenvalue weighted by atomic mass is 10.0. The molecule has 1 aliphatic carbocycles. The van der Waals surface area contributed by atoms with E-state index in [1.54, 1.807) is 13.1 Å². The van der Waals surface area contributed by atoms with Crippen LogP contribution in [0.2, 0.25) is 0 Å². The van der Waals surface area contributed by atoms with Gasteiger partial charge in [-0.25, -0.2) is 4.68 Å². The van der Waals surface area contributed by atoms with Gasteiger partial charge < -0.3 is 4.74 Å². The number of pyridine rings is 2. The minimum atomic E-state index is -0.0761. The Morgan fingerprint density at radius 2 is 1.97 bits per heavy atom. The highest BCUT2D eigenvalue weighted by Gasteiger charge is 2.39. The van der Waals surface area contributed by atoms with Gasteiger partial charge in [0.05, 0.1) is 6.61 Å². The predicted molar refractivity (Wildman–Crippen MR) is 111 cm³/mol. The van der Waals surface area contributed by atoms with E-state index < -0.39 is 0 Å². The summed E-state index contributed by atoms with van der Waals surface area (Å²) in [5.74, 6) is 1.42. The fourth-order valence-corrected chi connectivity index (χ4v) is 3.72. The van der Waals surface area contributed by atoms with Crippen LogP contribution in [-0.4, -0.2) is 26.4 Å². The first kappa shape index (κ1) is 19.3. The molecule has 0 spiro atoms. The first-order valence-electron chi connectivity index (χ1n) is 10.1. The summed E-state index contributed by atoms with van der Waals surface area (Å²) in [4.78, 5) is 21.4. The normalized spacial score (nSPS) is 17.9. The molecule has 4 rings (SSSR count). The number of aryl methyl sites for hydroxylation is 5. The molecule has 150 valence electrons. The topological polar surface area (TPSA) is 69.9 Å². The Hall–Kier alpha value is -3.02. The summed E-state index contributed by atoms with van der Waals surface area (Å²) in [5.41, 5.74) is 4.94. The van der Waals surface area contributed by atoms with Gasteiger partial charge in [-0.3, -0.25) is 14.8 Å². The summed E-state index contributed by atoms with van der Waals surface area (Å²) >= 11 is 0. The third-order valence-electron chi connectivity index (χ3n) is 5.55. The smallest absolute Gasteiger partial charge is 0.269 e. The molecule has 0 unspecified atom stereocenters. The van der Waals surface area contributed by atoms with Gasteiger partial charge in [0.25, 0.3) is 5.56 Å². The van der Waals surface area contributed by atoms with Gasteiger partial charge in [-0.05, 0) is 56.9 Å². The van der Waals surface area contributed by atoms with Crippen LogP contribution in [0.3, 0.4) is 0 Å². The lowest BCUT2D eigenvalue weighted by Gasteiger charge is -2.10. The van der Waals surface area contributed by atoms with E-state index in [1.807, 2.05) is 38.2 Å². The molecule has 1 aliphatic rings. The van der Waals surface area contributed by atoms with E-state index in [-0.39, 0.29) is 5.56 Å². The van der Waals surface area contributed by atoms with E-state index >= 15 is 0 Å². The second-order valence-electron chi connectivity index (χ2n) is 7.80. The maximum absolute atomic E-state index is 12.5. The molecule has 29 heavy (non-hydrogen) atoms. The van der Waals surface area contributed by atoms with Crippen LogP contribution in [0.4, 0.5) is 0 Å². The van der Waals surface area contributed by atoms with Crippen molar-refractivity contribution in [3.05, 3.63) is 81.2 Å². The van der Waals surface area contributed by atoms with Gasteiger partial charge in [0, 0.05) is 53.8 Å². The van der Waals surface area contributed by atoms with Gasteiger partial charge in [-0.1, -0.05) is 12.1 Å². The van der Waals surface area contributed by atoms with E-state index in [0.29, 0.717) is 30.7 Å². The minimum Gasteiger partial charge on any atom is -0.476 e. The Kier molecular flexibility index (Phi) is 5.43. The molecule has 6 heteroatoms. The highest BCUT2D eigenvalue weighted by atomic mass is 16.5. The molecule has 0 radical (unpaired) electrons. The summed E-state index contributed by atoms with van der Waals surface area (Å²) in [6, 6.07) is 11.9. The molecular weight excluding hydrogens is 364 g/mol. The molecule has 0 bridgehead atoms. The SMILES string of the molecule is Cc1ccc(CCc2cc(OC[C@H]3C[C@@H]3c3ccccn3)nn(C)c2=O)c(C)n1. The number of nitrogens with zero attached hydrogens (tertiary/aromatic N) is 4. The van der Waals surface area contributed by atoms with Gasteiger partial charge in [0.15, 0.2) is 0 Å². The summed E-state index contributed by atoms with van der Waals surface area (Å²) in [6.45, 7) is 4.58. The highest BCUT2D eigenvalue weighted by Crippen LogP contribution is 2.46. The quantitative estimate of drug-likeness (QED) is 0.620. The van der Waals surface area contributed by atoms with Gasteiger partial charge in [0.2, 0.25) is 5.88 Å². The van der Waals surface area contributed by atoms with Crippen LogP contribution in [0.15, 0.2) is 47.4 Å². The fourth-order valence-electron chi connectivity index (χ4n) is 3.72. The molecule has 0 N–H and O–H groups in total. The van der Waals surface area contributed by atoms with E-state index in [4.69, 9.17) is 4.74 Å². The van der Waals surface area contributed by atoms with E-state index in [2.05, 4.69) is 27.2 Å². The highest BCUT2D eigenvalue weighted by molar-refractivity contribution is 5.25. The van der Waals surface area contributed by atoms with Crippen molar-refractivity contribution in [1.29, 1.82) is 0 Å². The van der Waals surface area contributed by atoms with Crippen molar-refractivity contribution in [3.8, 4) is 5.88 Å². The third kappa shape index (κ3) is 4.53. The molecule has 6 nitrogen and oxygen atoms in total. The number of hydrogen-bond donors (Lipinski definition) is 0. The molecule has 0 amide bonds. The Morgan fingerprint density at radius 3 is 2.72 bits per heavy atom. The van der Waals surface area contributed by atoms with Crippen molar-refractivity contribution in [3.63, 3.8) is 0 Å². The zero-order valence-electron chi connectivity index (χ0n) is 17.1. The molecule has 1 saturated carbocycles. The fraction of sp³-hybridized carbons (Fsp3) is 0.391. The van der Waals surface area contributed by atoms with Crippen LogP contribution < -0.4 is 10.3 Å². The first-order valence-corrected chi connectivity index (χ1v) is 10.1. The summed E-state index contributed by atoms with van der Waals surface area (Å²) in [7, 11) is 1.67. The van der Waals surface area contributed by atoms with E-state index in [0.717, 1.165) is 41.1 Å². The second-order valence-corrected chi connectivity index (χ2v) is 7.80. The molecule has 0 saturated heterocycles. The molecular formula is C23H26N4O2. The molecule has 3 aromatic rings. The first-order chi connectivity index (χ1) is 14.0. The Morgan fingerprint density at radius 1 is 1.14 bits per heavy atom. The van der Waals surface area contributed by atoms with Gasteiger partial charge in [-0.2, -0.15) is 0 Å². The Labute approximate surface area is 170 Å². The van der Waals surface area contributed by atoms with Crippen molar-refractivity contribution in [2.45, 2.75) is 39.0 Å². The van der Waals surface area contributed by atoms with Crippen LogP contribution in [0.25, 0.3) is 0 Å². The van der Waals surface area contributed by atoms with Crippen molar-refractivity contribution >= 4 is 0 Å². The number of hydrogen-bond acceptors (Lipinski definition) is 5. The summed E-state index contributed by atoms with van der Waals surface area (Å²) in [6.07, 6.45) is 4.31. The lowest BCUT2D eigenvalue weighted by Crippen LogP contribution is -2.24. The Balaban J connectivity index is 1.40. The Bertz CT molecular complexity index is 1060. The lowest BCUT2D eigenvalue weighted by molar-refractivity contribution is 0.277. The minimum absolute atomic E-state index is 0.0761. The number of rotatable bonds is 7. The van der Waals surface area contributed by atoms with Crippen LogP contribution in [0.5, 0.6) is 5.88 Å². The van der Waals surface area contributed by atoms with Gasteiger partial charge in [-0.15, -0.1) is 5.10 Å². The second kappa shape index (κ2) is 8.15. The average molecular weight is 390 g/mol. The zero-order valence-corrected chi connectivity index (χ0v) is 17.1. The molecule has 3 aromatic heterocycles. The maximum Gasteiger partial charge on any atom is 0.269 e. The van der Waals surface area contributed by atoms with Crippen LogP contribution in [0, 0.1) is 19.8 Å². The van der Waals surface area contributed by atoms with Crippen molar-refractivity contribution in [1.82, 2.24) is 19.7 Å². The van der Waals surface area contributed by atoms with Crippen molar-refractivity contribution in [2.75, 3.05) is 6.61 Å². The number of ether oxygens (including phenoxy) is 1. The monoisotopic (exact) mass is 390 g/mol. The number of aromatic nitrogens is 4. The molecule has 3 heterocycles. The molecule has 2 atom stereocenters. The van der Waals surface area contributed by atoms with E-state index in [1.165, 1.54) is 4.68 Å².